The van der Waals surface area contributed by atoms with Crippen molar-refractivity contribution >= 4 is 5.69 Å². The molecule has 0 fully saturated rings. The Morgan fingerprint density at radius 3 is 2.70 bits per heavy atom. The van der Waals surface area contributed by atoms with Gasteiger partial charge in [0.1, 0.15) is 0 Å². The van der Waals surface area contributed by atoms with Gasteiger partial charge in [0.25, 0.3) is 0 Å². The minimum absolute atomic E-state index is 0.213. The van der Waals surface area contributed by atoms with Crippen LogP contribution in [0.15, 0.2) is 67.3 Å². The molecule has 0 aliphatic carbocycles. The number of nitriles is 1. The molecule has 2 atom stereocenters. The number of para-hydroxylation sites is 1. The molecule has 4 heteroatoms. The van der Waals surface area contributed by atoms with E-state index in [4.69, 9.17) is 5.26 Å². The molecule has 2 heterocycles. The minimum Gasteiger partial charge on any atom is -0.378 e. The van der Waals surface area contributed by atoms with E-state index in [2.05, 4.69) is 45.2 Å². The lowest BCUT2D eigenvalue weighted by molar-refractivity contribution is 0.484. The average Bonchev–Trinajstić information content (AvgIpc) is 3.15. The van der Waals surface area contributed by atoms with E-state index in [1.807, 2.05) is 43.0 Å². The first-order chi connectivity index (χ1) is 11.3. The average molecular weight is 300 g/mol. The molecule has 0 bridgehead atoms. The minimum atomic E-state index is 0.213. The molecule has 0 saturated heterocycles. The zero-order valence-electron chi connectivity index (χ0n) is 12.6. The van der Waals surface area contributed by atoms with Crippen molar-refractivity contribution in [2.75, 3.05) is 5.32 Å². The second kappa shape index (κ2) is 5.62. The highest BCUT2D eigenvalue weighted by atomic mass is 15.1. The summed E-state index contributed by atoms with van der Waals surface area (Å²) in [6.07, 6.45) is 6.66. The van der Waals surface area contributed by atoms with Gasteiger partial charge >= 0.3 is 0 Å². The van der Waals surface area contributed by atoms with Crippen molar-refractivity contribution in [1.29, 1.82) is 5.26 Å². The van der Waals surface area contributed by atoms with Crippen LogP contribution in [0.3, 0.4) is 0 Å². The van der Waals surface area contributed by atoms with E-state index in [0.29, 0.717) is 5.56 Å². The normalized spacial score (nSPS) is 19.4. The maximum absolute atomic E-state index is 8.96. The van der Waals surface area contributed by atoms with Gasteiger partial charge in [-0.25, -0.2) is 4.98 Å². The number of anilines is 1. The molecule has 1 aromatic heterocycles. The summed E-state index contributed by atoms with van der Waals surface area (Å²) in [6, 6.07) is 18.9. The quantitative estimate of drug-likeness (QED) is 0.781. The third-order valence-corrected chi connectivity index (χ3v) is 4.44. The van der Waals surface area contributed by atoms with Gasteiger partial charge in [-0.15, -0.1) is 0 Å². The van der Waals surface area contributed by atoms with E-state index >= 15 is 0 Å². The number of hydrogen-bond donors (Lipinski definition) is 1. The maximum atomic E-state index is 8.96. The summed E-state index contributed by atoms with van der Waals surface area (Å²) < 4.78 is 2.16. The van der Waals surface area contributed by atoms with Crippen LogP contribution in [0.2, 0.25) is 0 Å². The molecule has 1 aliphatic heterocycles. The molecule has 3 aromatic rings. The first kappa shape index (κ1) is 13.6. The maximum Gasteiger partial charge on any atom is 0.0991 e. The van der Waals surface area contributed by atoms with E-state index < -0.39 is 0 Å². The molecule has 4 nitrogen and oxygen atoms in total. The number of nitrogens with zero attached hydrogens (tertiary/aromatic N) is 3. The zero-order valence-corrected chi connectivity index (χ0v) is 12.6. The van der Waals surface area contributed by atoms with Gasteiger partial charge < -0.3 is 9.88 Å². The highest BCUT2D eigenvalue weighted by Crippen LogP contribution is 2.40. The van der Waals surface area contributed by atoms with E-state index in [-0.39, 0.29) is 12.1 Å². The molecule has 112 valence electrons. The van der Waals surface area contributed by atoms with Crippen LogP contribution in [0.25, 0.3) is 0 Å². The molecule has 0 spiro atoms. The number of rotatable bonds is 2. The van der Waals surface area contributed by atoms with Crippen molar-refractivity contribution in [3.8, 4) is 6.07 Å². The highest BCUT2D eigenvalue weighted by molar-refractivity contribution is 5.57. The zero-order chi connectivity index (χ0) is 15.6. The van der Waals surface area contributed by atoms with Gasteiger partial charge in [0.05, 0.1) is 30.0 Å². The van der Waals surface area contributed by atoms with Crippen molar-refractivity contribution in [1.82, 2.24) is 9.55 Å². The molecule has 4 rings (SSSR count). The lowest BCUT2D eigenvalue weighted by Crippen LogP contribution is -2.25. The lowest BCUT2D eigenvalue weighted by atomic mass is 9.89. The molecule has 0 amide bonds. The number of imidazole rings is 1. The van der Waals surface area contributed by atoms with Crippen LogP contribution in [0.1, 0.15) is 35.2 Å². The second-order valence-electron chi connectivity index (χ2n) is 5.78. The van der Waals surface area contributed by atoms with Crippen molar-refractivity contribution in [3.05, 3.63) is 83.9 Å². The molecule has 2 unspecified atom stereocenters. The predicted octanol–water partition coefficient (Wildman–Crippen LogP) is 3.90. The summed E-state index contributed by atoms with van der Waals surface area (Å²) in [4.78, 5) is 4.20. The monoisotopic (exact) mass is 300 g/mol. The van der Waals surface area contributed by atoms with Gasteiger partial charge in [-0.2, -0.15) is 5.26 Å². The molecule has 1 aliphatic rings. The van der Waals surface area contributed by atoms with Crippen molar-refractivity contribution < 1.29 is 0 Å². The highest BCUT2D eigenvalue weighted by Gasteiger charge is 2.28. The summed E-state index contributed by atoms with van der Waals surface area (Å²) in [5.74, 6) is 0. The summed E-state index contributed by atoms with van der Waals surface area (Å²) >= 11 is 0. The fraction of sp³-hybridized carbons (Fsp3) is 0.158. The Morgan fingerprint density at radius 2 is 1.96 bits per heavy atom. The third-order valence-electron chi connectivity index (χ3n) is 4.44. The Hall–Kier alpha value is -3.06. The van der Waals surface area contributed by atoms with Crippen LogP contribution in [0.5, 0.6) is 0 Å². The van der Waals surface area contributed by atoms with Gasteiger partial charge in [0.15, 0.2) is 0 Å². The third kappa shape index (κ3) is 2.47. The number of fused-ring (bicyclic) bond motifs is 1. The molecule has 1 N–H and O–H groups in total. The summed E-state index contributed by atoms with van der Waals surface area (Å²) in [6.45, 7) is 0. The predicted molar refractivity (Wildman–Crippen MR) is 88.9 cm³/mol. The van der Waals surface area contributed by atoms with Crippen LogP contribution >= 0.6 is 0 Å². The fourth-order valence-electron chi connectivity index (χ4n) is 3.26. The lowest BCUT2D eigenvalue weighted by Gasteiger charge is -2.34. The Bertz CT molecular complexity index is 844. The Kier molecular flexibility index (Phi) is 3.32. The van der Waals surface area contributed by atoms with E-state index in [9.17, 15) is 0 Å². The van der Waals surface area contributed by atoms with Crippen LogP contribution in [-0.4, -0.2) is 9.55 Å². The SMILES string of the molecule is N#Cc1ccc(C2CC(n3ccnc3)c3ccccc3N2)cc1. The van der Waals surface area contributed by atoms with Gasteiger partial charge in [-0.3, -0.25) is 0 Å². The van der Waals surface area contributed by atoms with Crippen LogP contribution in [0, 0.1) is 11.3 Å². The fourth-order valence-corrected chi connectivity index (χ4v) is 3.26. The Labute approximate surface area is 135 Å². The van der Waals surface area contributed by atoms with Crippen LogP contribution in [0.4, 0.5) is 5.69 Å². The number of hydrogen-bond acceptors (Lipinski definition) is 3. The van der Waals surface area contributed by atoms with Gasteiger partial charge in [0, 0.05) is 18.1 Å². The largest absolute Gasteiger partial charge is 0.378 e. The van der Waals surface area contributed by atoms with Gasteiger partial charge in [0.2, 0.25) is 0 Å². The van der Waals surface area contributed by atoms with Crippen molar-refractivity contribution in [2.45, 2.75) is 18.5 Å². The molecule has 23 heavy (non-hydrogen) atoms. The summed E-state index contributed by atoms with van der Waals surface area (Å²) in [7, 11) is 0. The second-order valence-corrected chi connectivity index (χ2v) is 5.78. The van der Waals surface area contributed by atoms with Gasteiger partial charge in [-0.1, -0.05) is 30.3 Å². The topological polar surface area (TPSA) is 53.6 Å². The first-order valence-electron chi connectivity index (χ1n) is 7.68. The summed E-state index contributed by atoms with van der Waals surface area (Å²) in [5, 5.41) is 12.6. The Morgan fingerprint density at radius 1 is 1.13 bits per heavy atom. The Balaban J connectivity index is 1.73. The number of aromatic nitrogens is 2. The standard InChI is InChI=1S/C19H16N4/c20-12-14-5-7-15(8-6-14)18-11-19(23-10-9-21-13-23)16-3-1-2-4-17(16)22-18/h1-10,13,18-19,22H,11H2. The van der Waals surface area contributed by atoms with Crippen LogP contribution in [-0.2, 0) is 0 Å². The molecular weight excluding hydrogens is 284 g/mol. The van der Waals surface area contributed by atoms with E-state index in [0.717, 1.165) is 12.1 Å². The van der Waals surface area contributed by atoms with Gasteiger partial charge in [-0.05, 0) is 35.7 Å². The number of nitrogens with one attached hydrogen (secondary N) is 1. The summed E-state index contributed by atoms with van der Waals surface area (Å²) in [5.41, 5.74) is 4.34. The first-order valence-corrected chi connectivity index (χ1v) is 7.68. The number of benzene rings is 2. The van der Waals surface area contributed by atoms with Crippen LogP contribution < -0.4 is 5.32 Å². The molecule has 2 aromatic carbocycles. The van der Waals surface area contributed by atoms with E-state index in [1.54, 1.807) is 0 Å². The van der Waals surface area contributed by atoms with Crippen molar-refractivity contribution in [2.24, 2.45) is 0 Å². The van der Waals surface area contributed by atoms with Crippen molar-refractivity contribution in [3.63, 3.8) is 0 Å². The molecular formula is C19H16N4. The molecule has 0 saturated carbocycles. The smallest absolute Gasteiger partial charge is 0.0991 e. The van der Waals surface area contributed by atoms with E-state index in [1.165, 1.54) is 11.1 Å². The molecule has 0 radical (unpaired) electrons.